The zero-order valence-electron chi connectivity index (χ0n) is 10.1. The number of aromatic hydroxyl groups is 1. The van der Waals surface area contributed by atoms with Gasteiger partial charge in [-0.25, -0.2) is 0 Å². The predicted molar refractivity (Wildman–Crippen MR) is 65.9 cm³/mol. The molecule has 1 aromatic carbocycles. The molecule has 94 valence electrons. The Balaban J connectivity index is 1.89. The largest absolute Gasteiger partial charge is 0.508 e. The van der Waals surface area contributed by atoms with Crippen LogP contribution in [0, 0.1) is 5.92 Å². The molecule has 2 atom stereocenters. The van der Waals surface area contributed by atoms with Gasteiger partial charge in [-0.1, -0.05) is 24.2 Å². The molecular weight excluding hydrogens is 230 g/mol. The Kier molecular flexibility index (Phi) is 2.76. The lowest BCUT2D eigenvalue weighted by Gasteiger charge is -2.09. The molecule has 0 aliphatic carbocycles. The maximum atomic E-state index is 9.44. The molecule has 0 spiro atoms. The highest BCUT2D eigenvalue weighted by Gasteiger charge is 2.29. The Morgan fingerprint density at radius 3 is 3.06 bits per heavy atom. The summed E-state index contributed by atoms with van der Waals surface area (Å²) in [5.74, 6) is 1.84. The van der Waals surface area contributed by atoms with Crippen molar-refractivity contribution in [3.63, 3.8) is 0 Å². The quantitative estimate of drug-likeness (QED) is 0.848. The lowest BCUT2D eigenvalue weighted by Crippen LogP contribution is -2.16. The van der Waals surface area contributed by atoms with Gasteiger partial charge in [0.05, 0.1) is 6.04 Å². The third-order valence-electron chi connectivity index (χ3n) is 3.35. The molecule has 1 aliphatic rings. The van der Waals surface area contributed by atoms with Gasteiger partial charge in [-0.3, -0.25) is 0 Å². The van der Waals surface area contributed by atoms with Crippen molar-refractivity contribution in [3.8, 4) is 17.1 Å². The second-order valence-corrected chi connectivity index (χ2v) is 4.70. The number of hydrogen-bond donors (Lipinski definition) is 2. The Bertz CT molecular complexity index is 553. The molecule has 2 heterocycles. The van der Waals surface area contributed by atoms with Crippen molar-refractivity contribution in [1.82, 2.24) is 15.5 Å². The van der Waals surface area contributed by atoms with Gasteiger partial charge in [0, 0.05) is 5.56 Å². The maximum Gasteiger partial charge on any atom is 0.244 e. The molecule has 5 nitrogen and oxygen atoms in total. The van der Waals surface area contributed by atoms with E-state index in [-0.39, 0.29) is 11.8 Å². The van der Waals surface area contributed by atoms with Crippen molar-refractivity contribution in [3.05, 3.63) is 30.2 Å². The van der Waals surface area contributed by atoms with Crippen LogP contribution in [0.1, 0.15) is 25.3 Å². The summed E-state index contributed by atoms with van der Waals surface area (Å²) in [6.07, 6.45) is 1.12. The van der Waals surface area contributed by atoms with Crippen LogP contribution in [-0.2, 0) is 0 Å². The second kappa shape index (κ2) is 4.42. The van der Waals surface area contributed by atoms with Crippen molar-refractivity contribution >= 4 is 0 Å². The molecule has 2 unspecified atom stereocenters. The summed E-state index contributed by atoms with van der Waals surface area (Å²) in [7, 11) is 0. The molecule has 5 heteroatoms. The van der Waals surface area contributed by atoms with Gasteiger partial charge in [0.2, 0.25) is 11.7 Å². The lowest BCUT2D eigenvalue weighted by molar-refractivity contribution is 0.319. The molecule has 1 saturated heterocycles. The summed E-state index contributed by atoms with van der Waals surface area (Å²) in [5, 5.41) is 16.8. The average molecular weight is 245 g/mol. The van der Waals surface area contributed by atoms with Gasteiger partial charge in [-0.2, -0.15) is 4.98 Å². The van der Waals surface area contributed by atoms with Crippen LogP contribution in [0.15, 0.2) is 28.8 Å². The highest BCUT2D eigenvalue weighted by molar-refractivity contribution is 5.56. The van der Waals surface area contributed by atoms with E-state index in [0.717, 1.165) is 18.5 Å². The van der Waals surface area contributed by atoms with Crippen LogP contribution < -0.4 is 5.32 Å². The Morgan fingerprint density at radius 2 is 2.33 bits per heavy atom. The zero-order valence-corrected chi connectivity index (χ0v) is 10.1. The van der Waals surface area contributed by atoms with E-state index in [9.17, 15) is 5.11 Å². The van der Waals surface area contributed by atoms with Crippen molar-refractivity contribution < 1.29 is 9.63 Å². The SMILES string of the molecule is CC1CCNC1c1nc(-c2cccc(O)c2)no1. The van der Waals surface area contributed by atoms with E-state index < -0.39 is 0 Å². The van der Waals surface area contributed by atoms with Gasteiger partial charge >= 0.3 is 0 Å². The highest BCUT2D eigenvalue weighted by atomic mass is 16.5. The third-order valence-corrected chi connectivity index (χ3v) is 3.35. The van der Waals surface area contributed by atoms with Gasteiger partial charge in [0.15, 0.2) is 0 Å². The van der Waals surface area contributed by atoms with Gasteiger partial charge < -0.3 is 14.9 Å². The third kappa shape index (κ3) is 1.97. The van der Waals surface area contributed by atoms with E-state index >= 15 is 0 Å². The molecule has 1 aromatic heterocycles. The predicted octanol–water partition coefficient (Wildman–Crippen LogP) is 2.11. The normalized spacial score (nSPS) is 23.4. The molecule has 1 aliphatic heterocycles. The standard InChI is InChI=1S/C13H15N3O2/c1-8-5-6-14-11(8)13-15-12(16-18-13)9-3-2-4-10(17)7-9/h2-4,7-8,11,14,17H,5-6H2,1H3. The minimum absolute atomic E-state index is 0.142. The van der Waals surface area contributed by atoms with Crippen LogP contribution in [0.4, 0.5) is 0 Å². The van der Waals surface area contributed by atoms with E-state index in [4.69, 9.17) is 4.52 Å². The van der Waals surface area contributed by atoms with E-state index in [1.54, 1.807) is 18.2 Å². The fourth-order valence-electron chi connectivity index (χ4n) is 2.29. The summed E-state index contributed by atoms with van der Waals surface area (Å²) in [6, 6.07) is 6.99. The number of nitrogens with zero attached hydrogens (tertiary/aromatic N) is 2. The molecule has 18 heavy (non-hydrogen) atoms. The highest BCUT2D eigenvalue weighted by Crippen LogP contribution is 2.29. The van der Waals surface area contributed by atoms with Crippen molar-refractivity contribution in [1.29, 1.82) is 0 Å². The number of nitrogens with one attached hydrogen (secondary N) is 1. The Morgan fingerprint density at radius 1 is 1.44 bits per heavy atom. The van der Waals surface area contributed by atoms with Gasteiger partial charge in [-0.15, -0.1) is 0 Å². The topological polar surface area (TPSA) is 71.2 Å². The fourth-order valence-corrected chi connectivity index (χ4v) is 2.29. The summed E-state index contributed by atoms with van der Waals surface area (Å²) in [4.78, 5) is 4.40. The first kappa shape index (κ1) is 11.2. The number of rotatable bonds is 2. The van der Waals surface area contributed by atoms with Crippen molar-refractivity contribution in [2.45, 2.75) is 19.4 Å². The van der Waals surface area contributed by atoms with Gasteiger partial charge in [0.1, 0.15) is 5.75 Å². The number of aromatic nitrogens is 2. The van der Waals surface area contributed by atoms with Crippen LogP contribution in [0.25, 0.3) is 11.4 Å². The second-order valence-electron chi connectivity index (χ2n) is 4.70. The smallest absolute Gasteiger partial charge is 0.244 e. The summed E-state index contributed by atoms with van der Waals surface area (Å²) >= 11 is 0. The molecule has 1 fully saturated rings. The first-order valence-electron chi connectivity index (χ1n) is 6.10. The minimum Gasteiger partial charge on any atom is -0.508 e. The van der Waals surface area contributed by atoms with Crippen LogP contribution in [0.3, 0.4) is 0 Å². The molecule has 0 bridgehead atoms. The first-order chi connectivity index (χ1) is 8.74. The molecule has 2 N–H and O–H groups in total. The van der Waals surface area contributed by atoms with Crippen molar-refractivity contribution in [2.24, 2.45) is 5.92 Å². The Labute approximate surface area is 105 Å². The molecular formula is C13H15N3O2. The molecule has 3 rings (SSSR count). The van der Waals surface area contributed by atoms with E-state index in [1.165, 1.54) is 0 Å². The molecule has 0 amide bonds. The number of benzene rings is 1. The van der Waals surface area contributed by atoms with Crippen molar-refractivity contribution in [2.75, 3.05) is 6.54 Å². The zero-order chi connectivity index (χ0) is 12.5. The lowest BCUT2D eigenvalue weighted by atomic mass is 10.0. The average Bonchev–Trinajstić information content (AvgIpc) is 2.97. The number of hydrogen-bond acceptors (Lipinski definition) is 5. The molecule has 2 aromatic rings. The van der Waals surface area contributed by atoms with Crippen LogP contribution in [0.2, 0.25) is 0 Å². The van der Waals surface area contributed by atoms with Gasteiger partial charge in [-0.05, 0) is 31.0 Å². The maximum absolute atomic E-state index is 9.44. The van der Waals surface area contributed by atoms with Crippen LogP contribution in [-0.4, -0.2) is 21.8 Å². The minimum atomic E-state index is 0.142. The van der Waals surface area contributed by atoms with Gasteiger partial charge in [0.25, 0.3) is 0 Å². The van der Waals surface area contributed by atoms with Crippen LogP contribution >= 0.6 is 0 Å². The van der Waals surface area contributed by atoms with E-state index in [0.29, 0.717) is 17.6 Å². The summed E-state index contributed by atoms with van der Waals surface area (Å²) < 4.78 is 5.31. The van der Waals surface area contributed by atoms with Crippen LogP contribution in [0.5, 0.6) is 5.75 Å². The number of phenolic OH excluding ortho intramolecular Hbond substituents is 1. The monoisotopic (exact) mass is 245 g/mol. The van der Waals surface area contributed by atoms with E-state index in [2.05, 4.69) is 22.4 Å². The fraction of sp³-hybridized carbons (Fsp3) is 0.385. The summed E-state index contributed by atoms with van der Waals surface area (Å²) in [5.41, 5.74) is 0.760. The molecule has 0 saturated carbocycles. The number of phenols is 1. The first-order valence-corrected chi connectivity index (χ1v) is 6.10. The van der Waals surface area contributed by atoms with E-state index in [1.807, 2.05) is 6.07 Å². The molecule has 0 radical (unpaired) electrons. The summed E-state index contributed by atoms with van der Waals surface area (Å²) in [6.45, 7) is 3.15. The Hall–Kier alpha value is -1.88.